The van der Waals surface area contributed by atoms with Crippen LogP contribution in [0.3, 0.4) is 0 Å². The number of terminal acetylenes is 1. The van der Waals surface area contributed by atoms with Crippen LogP contribution < -0.4 is 0 Å². The van der Waals surface area contributed by atoms with Gasteiger partial charge in [0, 0.05) is 11.8 Å². The van der Waals surface area contributed by atoms with Crippen LogP contribution in [0.4, 0.5) is 0 Å². The highest BCUT2D eigenvalue weighted by Crippen LogP contribution is 2.20. The molecule has 0 N–H and O–H groups in total. The van der Waals surface area contributed by atoms with Gasteiger partial charge < -0.3 is 4.74 Å². The molecule has 0 aliphatic rings. The highest BCUT2D eigenvalue weighted by Gasteiger charge is 2.17. The van der Waals surface area contributed by atoms with Gasteiger partial charge in [-0.2, -0.15) is 0 Å². The molecule has 1 aromatic carbocycles. The summed E-state index contributed by atoms with van der Waals surface area (Å²) in [4.78, 5) is 20.0. The van der Waals surface area contributed by atoms with Crippen LogP contribution in [0.15, 0.2) is 42.9 Å². The van der Waals surface area contributed by atoms with Crippen LogP contribution >= 0.6 is 0 Å². The van der Waals surface area contributed by atoms with E-state index in [1.807, 2.05) is 30.3 Å². The average molecular weight is 252 g/mol. The summed E-state index contributed by atoms with van der Waals surface area (Å²) in [5.74, 6) is 1.82. The molecule has 2 rings (SSSR count). The third kappa shape index (κ3) is 2.96. The number of benzene rings is 1. The lowest BCUT2D eigenvalue weighted by atomic mass is 10.1. The fourth-order valence-corrected chi connectivity index (χ4v) is 1.56. The van der Waals surface area contributed by atoms with Crippen molar-refractivity contribution in [3.63, 3.8) is 0 Å². The lowest BCUT2D eigenvalue weighted by Gasteiger charge is -2.10. The summed E-state index contributed by atoms with van der Waals surface area (Å²) in [5, 5.41) is 0. The first kappa shape index (κ1) is 12.8. The molecule has 4 heteroatoms. The van der Waals surface area contributed by atoms with Gasteiger partial charge in [-0.3, -0.25) is 0 Å². The van der Waals surface area contributed by atoms with Crippen LogP contribution in [-0.4, -0.2) is 22.0 Å². The van der Waals surface area contributed by atoms with Gasteiger partial charge in [0.05, 0.1) is 5.69 Å². The molecule has 19 heavy (non-hydrogen) atoms. The minimum absolute atomic E-state index is 0.302. The first-order valence-electron chi connectivity index (χ1n) is 5.75. The van der Waals surface area contributed by atoms with E-state index >= 15 is 0 Å². The zero-order chi connectivity index (χ0) is 13.7. The summed E-state index contributed by atoms with van der Waals surface area (Å²) < 4.78 is 5.09. The third-order valence-electron chi connectivity index (χ3n) is 2.50. The van der Waals surface area contributed by atoms with Gasteiger partial charge >= 0.3 is 5.97 Å². The summed E-state index contributed by atoms with van der Waals surface area (Å²) in [7, 11) is 0. The van der Waals surface area contributed by atoms with Crippen molar-refractivity contribution in [2.24, 2.45) is 0 Å². The number of rotatable bonds is 3. The second-order valence-electron chi connectivity index (χ2n) is 3.87. The Balaban J connectivity index is 2.38. The molecule has 0 bridgehead atoms. The molecule has 0 saturated carbocycles. The van der Waals surface area contributed by atoms with Crippen LogP contribution in [0.2, 0.25) is 0 Å². The van der Waals surface area contributed by atoms with Crippen molar-refractivity contribution in [2.75, 3.05) is 0 Å². The Morgan fingerprint density at radius 3 is 2.79 bits per heavy atom. The Hall–Kier alpha value is -2.67. The van der Waals surface area contributed by atoms with E-state index in [1.54, 1.807) is 6.92 Å². The van der Waals surface area contributed by atoms with Crippen LogP contribution in [0.25, 0.3) is 11.3 Å². The minimum atomic E-state index is -0.587. The highest BCUT2D eigenvalue weighted by molar-refractivity contribution is 5.95. The van der Waals surface area contributed by atoms with Crippen molar-refractivity contribution in [1.29, 1.82) is 0 Å². The van der Waals surface area contributed by atoms with E-state index in [0.29, 0.717) is 11.3 Å². The average Bonchev–Trinajstić information content (AvgIpc) is 2.48. The van der Waals surface area contributed by atoms with Crippen molar-refractivity contribution in [2.45, 2.75) is 13.0 Å². The molecule has 0 radical (unpaired) electrons. The molecule has 1 heterocycles. The van der Waals surface area contributed by atoms with Gasteiger partial charge in [0.1, 0.15) is 11.9 Å². The number of ether oxygens (including phenoxy) is 1. The van der Waals surface area contributed by atoms with E-state index in [-0.39, 0.29) is 0 Å². The van der Waals surface area contributed by atoms with Crippen LogP contribution in [0.1, 0.15) is 17.3 Å². The lowest BCUT2D eigenvalue weighted by Crippen LogP contribution is -2.14. The molecule has 4 nitrogen and oxygen atoms in total. The van der Waals surface area contributed by atoms with Crippen molar-refractivity contribution in [1.82, 2.24) is 9.97 Å². The Labute approximate surface area is 111 Å². The first-order chi connectivity index (χ1) is 9.22. The molecule has 1 aromatic heterocycles. The summed E-state index contributed by atoms with van der Waals surface area (Å²) in [6.07, 6.45) is 7.43. The van der Waals surface area contributed by atoms with Gasteiger partial charge in [-0.1, -0.05) is 36.3 Å². The predicted molar refractivity (Wildman–Crippen MR) is 71.2 cm³/mol. The molecule has 1 unspecified atom stereocenters. The number of nitrogens with zero attached hydrogens (tertiary/aromatic N) is 2. The van der Waals surface area contributed by atoms with E-state index in [9.17, 15) is 4.79 Å². The summed E-state index contributed by atoms with van der Waals surface area (Å²) in [6, 6.07) is 9.36. The highest BCUT2D eigenvalue weighted by atomic mass is 16.5. The largest absolute Gasteiger partial charge is 0.446 e. The van der Waals surface area contributed by atoms with Gasteiger partial charge in [-0.15, -0.1) is 6.42 Å². The molecule has 0 aliphatic carbocycles. The SMILES string of the molecule is C#CC(C)OC(=O)c1cncnc1-c1ccccc1. The number of esters is 1. The Morgan fingerprint density at radius 2 is 2.11 bits per heavy atom. The molecule has 0 fully saturated rings. The number of carbonyl (C=O) groups is 1. The predicted octanol–water partition coefficient (Wildman–Crippen LogP) is 2.32. The molecule has 94 valence electrons. The summed E-state index contributed by atoms with van der Waals surface area (Å²) >= 11 is 0. The Kier molecular flexibility index (Phi) is 3.89. The second kappa shape index (κ2) is 5.78. The topological polar surface area (TPSA) is 52.1 Å². The Bertz CT molecular complexity index is 618. The van der Waals surface area contributed by atoms with Crippen molar-refractivity contribution in [3.05, 3.63) is 48.4 Å². The lowest BCUT2D eigenvalue weighted by molar-refractivity contribution is 0.0439. The van der Waals surface area contributed by atoms with Crippen molar-refractivity contribution >= 4 is 5.97 Å². The fraction of sp³-hybridized carbons (Fsp3) is 0.133. The van der Waals surface area contributed by atoms with Crippen LogP contribution in [-0.2, 0) is 4.74 Å². The zero-order valence-electron chi connectivity index (χ0n) is 10.4. The second-order valence-corrected chi connectivity index (χ2v) is 3.87. The number of hydrogen-bond donors (Lipinski definition) is 0. The number of aromatic nitrogens is 2. The molecule has 0 amide bonds. The maximum absolute atomic E-state index is 12.0. The fourth-order valence-electron chi connectivity index (χ4n) is 1.56. The molecular formula is C15H12N2O2. The molecule has 1 atom stereocenters. The van der Waals surface area contributed by atoms with E-state index in [0.717, 1.165) is 5.56 Å². The van der Waals surface area contributed by atoms with E-state index < -0.39 is 12.1 Å². The number of carbonyl (C=O) groups excluding carboxylic acids is 1. The summed E-state index contributed by atoms with van der Waals surface area (Å²) in [5.41, 5.74) is 1.66. The normalized spacial score (nSPS) is 11.4. The Morgan fingerprint density at radius 1 is 1.37 bits per heavy atom. The molecule has 0 saturated heterocycles. The van der Waals surface area contributed by atoms with Crippen molar-refractivity contribution < 1.29 is 9.53 Å². The first-order valence-corrected chi connectivity index (χ1v) is 5.75. The molecular weight excluding hydrogens is 240 g/mol. The standard InChI is InChI=1S/C15H12N2O2/c1-3-11(2)19-15(18)13-9-16-10-17-14(13)12-7-5-4-6-8-12/h1,4-11H,2H3. The van der Waals surface area contributed by atoms with Gasteiger partial charge in [0.15, 0.2) is 6.10 Å². The smallest absolute Gasteiger partial charge is 0.343 e. The van der Waals surface area contributed by atoms with Crippen molar-refractivity contribution in [3.8, 4) is 23.6 Å². The number of hydrogen-bond acceptors (Lipinski definition) is 4. The van der Waals surface area contributed by atoms with Gasteiger partial charge in [-0.05, 0) is 6.92 Å². The van der Waals surface area contributed by atoms with Gasteiger partial charge in [0.2, 0.25) is 0 Å². The monoisotopic (exact) mass is 252 g/mol. The zero-order valence-corrected chi connectivity index (χ0v) is 10.4. The van der Waals surface area contributed by atoms with Crippen LogP contribution in [0, 0.1) is 12.3 Å². The minimum Gasteiger partial charge on any atom is -0.446 e. The quantitative estimate of drug-likeness (QED) is 0.621. The van der Waals surface area contributed by atoms with E-state index in [4.69, 9.17) is 11.2 Å². The van der Waals surface area contributed by atoms with E-state index in [2.05, 4.69) is 15.9 Å². The maximum Gasteiger partial charge on any atom is 0.343 e. The molecule has 2 aromatic rings. The molecule has 0 spiro atoms. The van der Waals surface area contributed by atoms with Crippen LogP contribution in [0.5, 0.6) is 0 Å². The van der Waals surface area contributed by atoms with Gasteiger partial charge in [0.25, 0.3) is 0 Å². The van der Waals surface area contributed by atoms with E-state index in [1.165, 1.54) is 12.5 Å². The van der Waals surface area contributed by atoms with Gasteiger partial charge in [-0.25, -0.2) is 14.8 Å². The maximum atomic E-state index is 12.0. The summed E-state index contributed by atoms with van der Waals surface area (Å²) in [6.45, 7) is 1.63. The third-order valence-corrected chi connectivity index (χ3v) is 2.50. The molecule has 0 aliphatic heterocycles.